The van der Waals surface area contributed by atoms with Gasteiger partial charge in [0.1, 0.15) is 5.75 Å². The number of aromatic nitrogens is 1. The Labute approximate surface area is 183 Å². The van der Waals surface area contributed by atoms with Gasteiger partial charge in [0.05, 0.1) is 26.0 Å². The van der Waals surface area contributed by atoms with E-state index in [0.717, 1.165) is 29.2 Å². The molecule has 0 radical (unpaired) electrons. The Morgan fingerprint density at radius 1 is 0.903 bits per heavy atom. The average Bonchev–Trinajstić information content (AvgIpc) is 2.80. The second-order valence-electron chi connectivity index (χ2n) is 6.85. The van der Waals surface area contributed by atoms with Gasteiger partial charge in [-0.2, -0.15) is 0 Å². The summed E-state index contributed by atoms with van der Waals surface area (Å²) in [6.07, 6.45) is -2.48. The fourth-order valence-corrected chi connectivity index (χ4v) is 2.71. The highest BCUT2D eigenvalue weighted by Crippen LogP contribution is 2.15. The summed E-state index contributed by atoms with van der Waals surface area (Å²) < 4.78 is 33.7. The molecule has 0 spiro atoms. The van der Waals surface area contributed by atoms with Crippen LogP contribution < -0.4 is 10.1 Å². The van der Waals surface area contributed by atoms with Gasteiger partial charge in [-0.25, -0.2) is 8.78 Å². The van der Waals surface area contributed by atoms with Crippen LogP contribution in [-0.2, 0) is 11.3 Å². The molecule has 3 rings (SSSR count). The molecular formula is C25H30F2N2O2. The molecule has 0 amide bonds. The highest BCUT2D eigenvalue weighted by atomic mass is 19.3. The Hall–Kier alpha value is -2.83. The highest BCUT2D eigenvalue weighted by Gasteiger charge is 2.01. The van der Waals surface area contributed by atoms with E-state index in [1.54, 1.807) is 7.11 Å². The third-order valence-corrected chi connectivity index (χ3v) is 4.35. The summed E-state index contributed by atoms with van der Waals surface area (Å²) in [5, 5.41) is 3.17. The SMILES string of the molecule is COc1ccc(CNCCOCCC(F)F)cc1.Cc1cccc(-c2ccccc2)n1. The Morgan fingerprint density at radius 2 is 1.65 bits per heavy atom. The molecule has 2 aromatic carbocycles. The van der Waals surface area contributed by atoms with Crippen molar-refractivity contribution in [2.45, 2.75) is 26.3 Å². The van der Waals surface area contributed by atoms with Crippen molar-refractivity contribution < 1.29 is 18.3 Å². The molecule has 1 heterocycles. The molecule has 6 heteroatoms. The van der Waals surface area contributed by atoms with Crippen molar-refractivity contribution in [1.29, 1.82) is 0 Å². The standard InChI is InChI=1S/C13H19F2NO2.C12H11N/c1-17-12-4-2-11(3-5-12)10-16-7-9-18-8-6-13(14)15;1-10-6-5-9-12(13-10)11-7-3-2-4-8-11/h2-5,13,16H,6-10H2,1H3;2-9H,1H3. The zero-order valence-corrected chi connectivity index (χ0v) is 18.1. The van der Waals surface area contributed by atoms with Gasteiger partial charge in [0.2, 0.25) is 6.43 Å². The molecule has 0 bridgehead atoms. The van der Waals surface area contributed by atoms with E-state index in [1.807, 2.05) is 67.6 Å². The van der Waals surface area contributed by atoms with E-state index in [9.17, 15) is 8.78 Å². The van der Waals surface area contributed by atoms with Gasteiger partial charge >= 0.3 is 0 Å². The van der Waals surface area contributed by atoms with E-state index in [-0.39, 0.29) is 13.0 Å². The van der Waals surface area contributed by atoms with Crippen LogP contribution in [0, 0.1) is 6.92 Å². The maximum absolute atomic E-state index is 11.8. The molecule has 0 unspecified atom stereocenters. The highest BCUT2D eigenvalue weighted by molar-refractivity contribution is 5.58. The lowest BCUT2D eigenvalue weighted by Gasteiger charge is -2.07. The van der Waals surface area contributed by atoms with Gasteiger partial charge in [-0.1, -0.05) is 48.5 Å². The van der Waals surface area contributed by atoms with Crippen LogP contribution in [0.25, 0.3) is 11.3 Å². The van der Waals surface area contributed by atoms with Crippen molar-refractivity contribution >= 4 is 0 Å². The molecule has 0 saturated carbocycles. The van der Waals surface area contributed by atoms with E-state index >= 15 is 0 Å². The molecule has 0 aliphatic rings. The summed E-state index contributed by atoms with van der Waals surface area (Å²) in [5.74, 6) is 0.828. The molecule has 1 N–H and O–H groups in total. The Bertz CT molecular complexity index is 859. The molecule has 0 saturated heterocycles. The van der Waals surface area contributed by atoms with Crippen LogP contribution in [0.4, 0.5) is 8.78 Å². The van der Waals surface area contributed by atoms with Gasteiger partial charge in [-0.3, -0.25) is 4.98 Å². The number of pyridine rings is 1. The van der Waals surface area contributed by atoms with E-state index in [1.165, 1.54) is 5.56 Å². The van der Waals surface area contributed by atoms with Gasteiger partial charge in [0.25, 0.3) is 0 Å². The minimum atomic E-state index is -2.28. The molecule has 4 nitrogen and oxygen atoms in total. The number of hydrogen-bond acceptors (Lipinski definition) is 4. The predicted molar refractivity (Wildman–Crippen MR) is 121 cm³/mol. The molecule has 1 aromatic heterocycles. The monoisotopic (exact) mass is 428 g/mol. The summed E-state index contributed by atoms with van der Waals surface area (Å²) in [6, 6.07) is 24.0. The number of nitrogens with zero attached hydrogens (tertiary/aromatic N) is 1. The first-order valence-electron chi connectivity index (χ1n) is 10.3. The summed E-state index contributed by atoms with van der Waals surface area (Å²) in [6.45, 7) is 3.94. The summed E-state index contributed by atoms with van der Waals surface area (Å²) in [4.78, 5) is 4.44. The van der Waals surface area contributed by atoms with Crippen LogP contribution in [0.1, 0.15) is 17.7 Å². The van der Waals surface area contributed by atoms with Crippen LogP contribution >= 0.6 is 0 Å². The van der Waals surface area contributed by atoms with Crippen molar-refractivity contribution in [3.63, 3.8) is 0 Å². The fourth-order valence-electron chi connectivity index (χ4n) is 2.71. The number of benzene rings is 2. The van der Waals surface area contributed by atoms with Gasteiger partial charge in [0, 0.05) is 30.8 Å². The van der Waals surface area contributed by atoms with Crippen molar-refractivity contribution in [1.82, 2.24) is 10.3 Å². The lowest BCUT2D eigenvalue weighted by molar-refractivity contribution is 0.0678. The average molecular weight is 429 g/mol. The predicted octanol–water partition coefficient (Wildman–Crippen LogP) is 5.51. The number of nitrogens with one attached hydrogen (secondary N) is 1. The summed E-state index contributed by atoms with van der Waals surface area (Å²) in [5.41, 5.74) is 4.41. The van der Waals surface area contributed by atoms with Crippen molar-refractivity contribution in [2.75, 3.05) is 26.9 Å². The first-order valence-corrected chi connectivity index (χ1v) is 10.3. The quantitative estimate of drug-likeness (QED) is 0.432. The summed E-state index contributed by atoms with van der Waals surface area (Å²) in [7, 11) is 1.63. The number of hydrogen-bond donors (Lipinski definition) is 1. The zero-order chi connectivity index (χ0) is 22.3. The largest absolute Gasteiger partial charge is 0.497 e. The maximum Gasteiger partial charge on any atom is 0.240 e. The van der Waals surface area contributed by atoms with Crippen LogP contribution in [0.15, 0.2) is 72.8 Å². The van der Waals surface area contributed by atoms with Gasteiger partial charge in [0.15, 0.2) is 0 Å². The molecule has 0 aliphatic carbocycles. The van der Waals surface area contributed by atoms with E-state index in [4.69, 9.17) is 9.47 Å². The number of halogens is 2. The minimum absolute atomic E-state index is 0.113. The molecule has 166 valence electrons. The van der Waals surface area contributed by atoms with Gasteiger partial charge < -0.3 is 14.8 Å². The Balaban J connectivity index is 0.000000231. The molecule has 3 aromatic rings. The molecule has 31 heavy (non-hydrogen) atoms. The number of ether oxygens (including phenoxy) is 2. The Morgan fingerprint density at radius 3 is 2.29 bits per heavy atom. The first-order chi connectivity index (χ1) is 15.1. The smallest absolute Gasteiger partial charge is 0.240 e. The second kappa shape index (κ2) is 14.2. The number of aryl methyl sites for hydroxylation is 1. The molecule has 0 aliphatic heterocycles. The maximum atomic E-state index is 11.8. The van der Waals surface area contributed by atoms with Gasteiger partial charge in [-0.05, 0) is 36.8 Å². The van der Waals surface area contributed by atoms with Crippen LogP contribution in [0.3, 0.4) is 0 Å². The van der Waals surface area contributed by atoms with E-state index in [0.29, 0.717) is 13.2 Å². The van der Waals surface area contributed by atoms with Gasteiger partial charge in [-0.15, -0.1) is 0 Å². The first kappa shape index (κ1) is 24.4. The number of methoxy groups -OCH3 is 1. The summed E-state index contributed by atoms with van der Waals surface area (Å²) >= 11 is 0. The van der Waals surface area contributed by atoms with E-state index in [2.05, 4.69) is 22.4 Å². The third kappa shape index (κ3) is 10.2. The topological polar surface area (TPSA) is 43.4 Å². The number of alkyl halides is 2. The molecule has 0 fully saturated rings. The van der Waals surface area contributed by atoms with Crippen LogP contribution in [-0.4, -0.2) is 38.3 Å². The molecule has 0 atom stereocenters. The van der Waals surface area contributed by atoms with Crippen LogP contribution in [0.2, 0.25) is 0 Å². The number of rotatable bonds is 10. The van der Waals surface area contributed by atoms with Crippen molar-refractivity contribution in [2.24, 2.45) is 0 Å². The van der Waals surface area contributed by atoms with Crippen molar-refractivity contribution in [3.05, 3.63) is 84.1 Å². The Kier molecular flexibility index (Phi) is 11.2. The van der Waals surface area contributed by atoms with Crippen molar-refractivity contribution in [3.8, 4) is 17.0 Å². The fraction of sp³-hybridized carbons (Fsp3) is 0.320. The van der Waals surface area contributed by atoms with E-state index < -0.39 is 6.43 Å². The minimum Gasteiger partial charge on any atom is -0.497 e. The lowest BCUT2D eigenvalue weighted by atomic mass is 10.1. The zero-order valence-electron chi connectivity index (χ0n) is 18.1. The lowest BCUT2D eigenvalue weighted by Crippen LogP contribution is -2.19. The van der Waals surface area contributed by atoms with Crippen LogP contribution in [0.5, 0.6) is 5.75 Å². The third-order valence-electron chi connectivity index (χ3n) is 4.35. The second-order valence-corrected chi connectivity index (χ2v) is 6.85. The normalized spacial score (nSPS) is 10.5. The molecular weight excluding hydrogens is 398 g/mol.